The van der Waals surface area contributed by atoms with Crippen molar-refractivity contribution < 1.29 is 9.59 Å². The lowest BCUT2D eigenvalue weighted by Gasteiger charge is -2.26. The highest BCUT2D eigenvalue weighted by atomic mass is 32.1. The summed E-state index contributed by atoms with van der Waals surface area (Å²) in [6.45, 7) is 1.14. The summed E-state index contributed by atoms with van der Waals surface area (Å²) in [7, 11) is 0. The van der Waals surface area contributed by atoms with E-state index in [2.05, 4.69) is 23.2 Å². The number of piperidine rings is 1. The lowest BCUT2D eigenvalue weighted by Crippen LogP contribution is -2.42. The molecule has 1 saturated carbocycles. The molecule has 29 heavy (non-hydrogen) atoms. The highest BCUT2D eigenvalue weighted by molar-refractivity contribution is 7.10. The molecule has 0 radical (unpaired) electrons. The van der Waals surface area contributed by atoms with Crippen LogP contribution in [0.5, 0.6) is 0 Å². The van der Waals surface area contributed by atoms with Gasteiger partial charge in [0.15, 0.2) is 0 Å². The average molecular weight is 407 g/mol. The molecular formula is C24H26N2O2S. The van der Waals surface area contributed by atoms with Crippen molar-refractivity contribution in [1.29, 1.82) is 0 Å². The monoisotopic (exact) mass is 406 g/mol. The molecule has 0 unspecified atom stereocenters. The van der Waals surface area contributed by atoms with E-state index < -0.39 is 0 Å². The first-order valence-corrected chi connectivity index (χ1v) is 11.3. The second-order valence-electron chi connectivity index (χ2n) is 7.80. The summed E-state index contributed by atoms with van der Waals surface area (Å²) in [4.78, 5) is 28.0. The molecule has 2 aromatic rings. The number of carbonyl (C=O) groups is 2. The Labute approximate surface area is 176 Å². The van der Waals surface area contributed by atoms with Crippen molar-refractivity contribution in [1.82, 2.24) is 5.32 Å². The molecule has 2 heterocycles. The number of anilines is 1. The molecule has 1 saturated heterocycles. The maximum Gasteiger partial charge on any atom is 0.232 e. The zero-order chi connectivity index (χ0) is 20.1. The van der Waals surface area contributed by atoms with Gasteiger partial charge in [0.2, 0.25) is 11.8 Å². The summed E-state index contributed by atoms with van der Waals surface area (Å²) in [5, 5.41) is 5.08. The number of rotatable bonds is 4. The van der Waals surface area contributed by atoms with E-state index in [0.717, 1.165) is 56.3 Å². The summed E-state index contributed by atoms with van der Waals surface area (Å²) < 4.78 is 0. The van der Waals surface area contributed by atoms with E-state index in [9.17, 15) is 9.59 Å². The number of hydrogen-bond donors (Lipinski definition) is 1. The molecule has 1 aliphatic heterocycles. The van der Waals surface area contributed by atoms with Gasteiger partial charge in [-0.05, 0) is 61.4 Å². The minimum absolute atomic E-state index is 0.103. The number of benzene rings is 1. The van der Waals surface area contributed by atoms with Gasteiger partial charge in [0, 0.05) is 29.1 Å². The fourth-order valence-corrected chi connectivity index (χ4v) is 5.34. The third kappa shape index (κ3) is 4.23. The van der Waals surface area contributed by atoms with Crippen LogP contribution >= 0.6 is 11.3 Å². The van der Waals surface area contributed by atoms with Gasteiger partial charge in [-0.25, -0.2) is 0 Å². The van der Waals surface area contributed by atoms with Gasteiger partial charge < -0.3 is 10.2 Å². The Kier molecular flexibility index (Phi) is 6.01. The van der Waals surface area contributed by atoms with Crippen molar-refractivity contribution in [2.24, 2.45) is 0 Å². The molecule has 5 heteroatoms. The molecule has 0 atom stereocenters. The van der Waals surface area contributed by atoms with Crippen molar-refractivity contribution in [2.75, 3.05) is 18.0 Å². The number of carbonyl (C=O) groups excluding carboxylic acids is 2. The van der Waals surface area contributed by atoms with Crippen molar-refractivity contribution in [3.8, 4) is 11.8 Å². The molecule has 1 aromatic carbocycles. The first-order valence-electron chi connectivity index (χ1n) is 10.4. The van der Waals surface area contributed by atoms with Gasteiger partial charge in [0.05, 0.1) is 12.0 Å². The van der Waals surface area contributed by atoms with Gasteiger partial charge in [-0.15, -0.1) is 11.3 Å². The van der Waals surface area contributed by atoms with E-state index in [1.807, 2.05) is 40.6 Å². The van der Waals surface area contributed by atoms with Crippen molar-refractivity contribution in [3.05, 3.63) is 52.2 Å². The number of amides is 2. The van der Waals surface area contributed by atoms with Crippen molar-refractivity contribution in [3.63, 3.8) is 0 Å². The first-order chi connectivity index (χ1) is 14.2. The molecule has 150 valence electrons. The fraction of sp³-hybridized carbons (Fsp3) is 0.417. The van der Waals surface area contributed by atoms with Crippen LogP contribution in [0.25, 0.3) is 0 Å². The van der Waals surface area contributed by atoms with Crippen LogP contribution in [0, 0.1) is 11.8 Å². The van der Waals surface area contributed by atoms with Gasteiger partial charge in [0.1, 0.15) is 0 Å². The predicted octanol–water partition coefficient (Wildman–Crippen LogP) is 4.24. The number of nitrogens with zero attached hydrogens (tertiary/aromatic N) is 1. The van der Waals surface area contributed by atoms with Gasteiger partial charge in [-0.1, -0.05) is 30.7 Å². The third-order valence-corrected chi connectivity index (χ3v) is 7.03. The Morgan fingerprint density at radius 1 is 1.10 bits per heavy atom. The minimum Gasteiger partial charge on any atom is -0.344 e. The fourth-order valence-electron chi connectivity index (χ4n) is 4.36. The summed E-state index contributed by atoms with van der Waals surface area (Å²) in [5.74, 6) is 6.48. The molecular weight excluding hydrogens is 380 g/mol. The first kappa shape index (κ1) is 19.7. The van der Waals surface area contributed by atoms with E-state index in [1.54, 1.807) is 11.3 Å². The molecule has 1 N–H and O–H groups in total. The van der Waals surface area contributed by atoms with Crippen LogP contribution in [0.2, 0.25) is 0 Å². The maximum absolute atomic E-state index is 12.9. The lowest BCUT2D eigenvalue weighted by atomic mass is 9.83. The van der Waals surface area contributed by atoms with E-state index in [0.29, 0.717) is 13.0 Å². The van der Waals surface area contributed by atoms with Gasteiger partial charge >= 0.3 is 0 Å². The highest BCUT2D eigenvalue weighted by Crippen LogP contribution is 2.43. The Bertz CT molecular complexity index is 916. The van der Waals surface area contributed by atoms with Crippen LogP contribution in [0.1, 0.15) is 55.4 Å². The Balaban J connectivity index is 1.35. The molecule has 1 aromatic heterocycles. The zero-order valence-corrected chi connectivity index (χ0v) is 17.4. The quantitative estimate of drug-likeness (QED) is 0.772. The summed E-state index contributed by atoms with van der Waals surface area (Å²) in [6, 6.07) is 11.9. The van der Waals surface area contributed by atoms with E-state index in [-0.39, 0.29) is 17.2 Å². The minimum atomic E-state index is -0.363. The summed E-state index contributed by atoms with van der Waals surface area (Å²) in [5.41, 5.74) is 1.47. The molecule has 2 fully saturated rings. The van der Waals surface area contributed by atoms with Crippen LogP contribution in [0.4, 0.5) is 5.69 Å². The molecule has 0 spiro atoms. The van der Waals surface area contributed by atoms with Crippen LogP contribution in [-0.2, 0) is 15.0 Å². The smallest absolute Gasteiger partial charge is 0.232 e. The lowest BCUT2D eigenvalue weighted by molar-refractivity contribution is -0.126. The maximum atomic E-state index is 12.9. The third-order valence-electron chi connectivity index (χ3n) is 5.96. The van der Waals surface area contributed by atoms with Crippen LogP contribution in [0.3, 0.4) is 0 Å². The van der Waals surface area contributed by atoms with Gasteiger partial charge in [-0.3, -0.25) is 9.59 Å². The van der Waals surface area contributed by atoms with Gasteiger partial charge in [0.25, 0.3) is 0 Å². The predicted molar refractivity (Wildman–Crippen MR) is 117 cm³/mol. The Morgan fingerprint density at radius 3 is 2.59 bits per heavy atom. The summed E-state index contributed by atoms with van der Waals surface area (Å²) >= 11 is 1.67. The van der Waals surface area contributed by atoms with Crippen molar-refractivity contribution >= 4 is 28.8 Å². The number of hydrogen-bond acceptors (Lipinski definition) is 3. The van der Waals surface area contributed by atoms with Crippen LogP contribution in [-0.4, -0.2) is 24.9 Å². The average Bonchev–Trinajstić information content (AvgIpc) is 3.44. The van der Waals surface area contributed by atoms with Crippen LogP contribution < -0.4 is 10.2 Å². The molecule has 0 bridgehead atoms. The zero-order valence-electron chi connectivity index (χ0n) is 16.6. The van der Waals surface area contributed by atoms with Crippen molar-refractivity contribution in [2.45, 2.75) is 50.4 Å². The summed E-state index contributed by atoms with van der Waals surface area (Å²) in [6.07, 6.45) is 6.71. The number of nitrogens with one attached hydrogen (secondary N) is 1. The van der Waals surface area contributed by atoms with E-state index >= 15 is 0 Å². The van der Waals surface area contributed by atoms with Crippen LogP contribution in [0.15, 0.2) is 41.8 Å². The standard InChI is InChI=1S/C24H26N2O2S/c27-22-9-1-4-17-26(22)20-12-10-19(11-13-20)7-5-16-25-23(28)24(14-2-3-15-24)21-8-6-18-29-21/h6,8,10-13,18H,1-4,9,14-17H2,(H,25,28). The highest BCUT2D eigenvalue weighted by Gasteiger charge is 2.43. The number of thiophene rings is 1. The van der Waals surface area contributed by atoms with Gasteiger partial charge in [-0.2, -0.15) is 0 Å². The molecule has 4 nitrogen and oxygen atoms in total. The Morgan fingerprint density at radius 2 is 1.90 bits per heavy atom. The van der Waals surface area contributed by atoms with E-state index in [1.165, 1.54) is 4.88 Å². The molecule has 2 aliphatic rings. The SMILES string of the molecule is O=C1CCCCN1c1ccc(C#CCNC(=O)C2(c3cccs3)CCCC2)cc1. The van der Waals surface area contributed by atoms with E-state index in [4.69, 9.17) is 0 Å². The topological polar surface area (TPSA) is 49.4 Å². The second-order valence-corrected chi connectivity index (χ2v) is 8.75. The molecule has 2 amide bonds. The normalized spacial score (nSPS) is 18.2. The second kappa shape index (κ2) is 8.84. The Hall–Kier alpha value is -2.58. The largest absolute Gasteiger partial charge is 0.344 e. The molecule has 4 rings (SSSR count). The molecule has 1 aliphatic carbocycles.